The molecule has 0 amide bonds. The second-order valence-corrected chi connectivity index (χ2v) is 3.44. The SMILES string of the molecule is N#Cc1ccc2c(c1)CCC(=NO)C2. The van der Waals surface area contributed by atoms with Crippen molar-refractivity contribution in [3.63, 3.8) is 0 Å². The Labute approximate surface area is 82.3 Å². The van der Waals surface area contributed by atoms with Gasteiger partial charge in [-0.05, 0) is 36.1 Å². The Balaban J connectivity index is 2.38. The first-order valence-electron chi connectivity index (χ1n) is 4.55. The maximum atomic E-state index is 8.72. The molecule has 0 saturated carbocycles. The summed E-state index contributed by atoms with van der Waals surface area (Å²) >= 11 is 0. The summed E-state index contributed by atoms with van der Waals surface area (Å²) in [5, 5.41) is 20.6. The average molecular weight is 186 g/mol. The molecule has 0 unspecified atom stereocenters. The molecule has 0 heterocycles. The number of hydrogen-bond donors (Lipinski definition) is 1. The van der Waals surface area contributed by atoms with Gasteiger partial charge in [-0.2, -0.15) is 5.26 Å². The summed E-state index contributed by atoms with van der Waals surface area (Å²) in [6, 6.07) is 7.79. The molecule has 1 aliphatic rings. The van der Waals surface area contributed by atoms with Crippen molar-refractivity contribution in [2.24, 2.45) is 5.16 Å². The van der Waals surface area contributed by atoms with Crippen LogP contribution in [0.3, 0.4) is 0 Å². The van der Waals surface area contributed by atoms with Gasteiger partial charge >= 0.3 is 0 Å². The highest BCUT2D eigenvalue weighted by molar-refractivity contribution is 5.88. The van der Waals surface area contributed by atoms with Crippen molar-refractivity contribution in [2.75, 3.05) is 0 Å². The Morgan fingerprint density at radius 2 is 2.14 bits per heavy atom. The fourth-order valence-electron chi connectivity index (χ4n) is 1.77. The van der Waals surface area contributed by atoms with E-state index >= 15 is 0 Å². The van der Waals surface area contributed by atoms with E-state index in [1.165, 1.54) is 11.1 Å². The maximum Gasteiger partial charge on any atom is 0.0991 e. The fourth-order valence-corrected chi connectivity index (χ4v) is 1.77. The first-order chi connectivity index (χ1) is 6.83. The van der Waals surface area contributed by atoms with Crippen LogP contribution >= 0.6 is 0 Å². The summed E-state index contributed by atoms with van der Waals surface area (Å²) in [7, 11) is 0. The highest BCUT2D eigenvalue weighted by atomic mass is 16.4. The number of nitrogens with zero attached hydrogens (tertiary/aromatic N) is 2. The molecule has 0 bridgehead atoms. The molecule has 0 aromatic heterocycles. The number of fused-ring (bicyclic) bond motifs is 1. The second kappa shape index (κ2) is 3.51. The van der Waals surface area contributed by atoms with E-state index < -0.39 is 0 Å². The van der Waals surface area contributed by atoms with Crippen LogP contribution in [0.15, 0.2) is 23.4 Å². The Bertz CT molecular complexity index is 429. The Morgan fingerprint density at radius 3 is 2.86 bits per heavy atom. The van der Waals surface area contributed by atoms with Crippen LogP contribution in [0.1, 0.15) is 23.1 Å². The minimum absolute atomic E-state index is 0.702. The molecule has 14 heavy (non-hydrogen) atoms. The second-order valence-electron chi connectivity index (χ2n) is 3.44. The minimum atomic E-state index is 0.702. The van der Waals surface area contributed by atoms with Gasteiger partial charge in [-0.1, -0.05) is 11.2 Å². The first kappa shape index (κ1) is 8.76. The number of oxime groups is 1. The molecule has 1 aromatic carbocycles. The predicted octanol–water partition coefficient (Wildman–Crippen LogP) is 1.88. The zero-order chi connectivity index (χ0) is 9.97. The Morgan fingerprint density at radius 1 is 1.29 bits per heavy atom. The summed E-state index contributed by atoms with van der Waals surface area (Å²) in [5.41, 5.74) is 3.90. The van der Waals surface area contributed by atoms with Crippen molar-refractivity contribution >= 4 is 5.71 Å². The largest absolute Gasteiger partial charge is 0.411 e. The van der Waals surface area contributed by atoms with Crippen LogP contribution in [0.2, 0.25) is 0 Å². The van der Waals surface area contributed by atoms with E-state index in [1.807, 2.05) is 12.1 Å². The smallest absolute Gasteiger partial charge is 0.0991 e. The van der Waals surface area contributed by atoms with Crippen LogP contribution in [-0.2, 0) is 12.8 Å². The van der Waals surface area contributed by atoms with E-state index in [0.29, 0.717) is 12.0 Å². The lowest BCUT2D eigenvalue weighted by atomic mass is 9.89. The van der Waals surface area contributed by atoms with Gasteiger partial charge in [0.05, 0.1) is 17.3 Å². The van der Waals surface area contributed by atoms with E-state index in [0.717, 1.165) is 18.6 Å². The number of nitriles is 1. The van der Waals surface area contributed by atoms with Crippen molar-refractivity contribution in [3.8, 4) is 6.07 Å². The third kappa shape index (κ3) is 1.47. The molecule has 0 aliphatic heterocycles. The molecule has 1 N–H and O–H groups in total. The van der Waals surface area contributed by atoms with E-state index in [9.17, 15) is 0 Å². The lowest BCUT2D eigenvalue weighted by molar-refractivity contribution is 0.316. The van der Waals surface area contributed by atoms with E-state index in [1.54, 1.807) is 6.07 Å². The lowest BCUT2D eigenvalue weighted by Crippen LogP contribution is -2.13. The van der Waals surface area contributed by atoms with Gasteiger partial charge in [0.2, 0.25) is 0 Å². The van der Waals surface area contributed by atoms with Crippen LogP contribution in [-0.4, -0.2) is 10.9 Å². The monoisotopic (exact) mass is 186 g/mol. The molecule has 0 atom stereocenters. The normalized spacial score (nSPS) is 17.5. The van der Waals surface area contributed by atoms with Crippen LogP contribution in [0.25, 0.3) is 0 Å². The van der Waals surface area contributed by atoms with Crippen LogP contribution in [0.4, 0.5) is 0 Å². The number of aryl methyl sites for hydroxylation is 1. The van der Waals surface area contributed by atoms with Crippen molar-refractivity contribution in [1.29, 1.82) is 5.26 Å². The van der Waals surface area contributed by atoms with Gasteiger partial charge < -0.3 is 5.21 Å². The number of benzene rings is 1. The molecule has 0 radical (unpaired) electrons. The van der Waals surface area contributed by atoms with Crippen LogP contribution in [0, 0.1) is 11.3 Å². The lowest BCUT2D eigenvalue weighted by Gasteiger charge is -2.16. The van der Waals surface area contributed by atoms with Gasteiger partial charge in [-0.25, -0.2) is 0 Å². The van der Waals surface area contributed by atoms with Gasteiger partial charge in [0, 0.05) is 6.42 Å². The van der Waals surface area contributed by atoms with Gasteiger partial charge in [-0.3, -0.25) is 0 Å². The molecule has 70 valence electrons. The van der Waals surface area contributed by atoms with E-state index in [4.69, 9.17) is 10.5 Å². The highest BCUT2D eigenvalue weighted by Crippen LogP contribution is 2.20. The average Bonchev–Trinajstić information content (AvgIpc) is 2.27. The number of rotatable bonds is 0. The molecule has 1 aromatic rings. The molecule has 2 rings (SSSR count). The summed E-state index contributed by atoms with van der Waals surface area (Å²) < 4.78 is 0. The van der Waals surface area contributed by atoms with E-state index in [2.05, 4.69) is 11.2 Å². The molecule has 0 saturated heterocycles. The predicted molar refractivity (Wildman–Crippen MR) is 52.4 cm³/mol. The molecular formula is C11H10N2O. The third-order valence-electron chi connectivity index (χ3n) is 2.55. The zero-order valence-electron chi connectivity index (χ0n) is 7.70. The van der Waals surface area contributed by atoms with Gasteiger partial charge in [-0.15, -0.1) is 0 Å². The standard InChI is InChI=1S/C11H10N2O/c12-7-8-1-2-10-6-11(13-14)4-3-9(10)5-8/h1-2,5,14H,3-4,6H2. The zero-order valence-corrected chi connectivity index (χ0v) is 7.70. The number of hydrogen-bond acceptors (Lipinski definition) is 3. The minimum Gasteiger partial charge on any atom is -0.411 e. The van der Waals surface area contributed by atoms with Gasteiger partial charge in [0.1, 0.15) is 0 Å². The first-order valence-corrected chi connectivity index (χ1v) is 4.55. The van der Waals surface area contributed by atoms with Gasteiger partial charge in [0.25, 0.3) is 0 Å². The fraction of sp³-hybridized carbons (Fsp3) is 0.273. The molecule has 0 fully saturated rings. The van der Waals surface area contributed by atoms with E-state index in [-0.39, 0.29) is 0 Å². The van der Waals surface area contributed by atoms with Crippen molar-refractivity contribution in [2.45, 2.75) is 19.3 Å². The van der Waals surface area contributed by atoms with Crippen molar-refractivity contribution in [1.82, 2.24) is 0 Å². The van der Waals surface area contributed by atoms with Crippen molar-refractivity contribution < 1.29 is 5.21 Å². The third-order valence-corrected chi connectivity index (χ3v) is 2.55. The quantitative estimate of drug-likeness (QED) is 0.496. The highest BCUT2D eigenvalue weighted by Gasteiger charge is 2.14. The van der Waals surface area contributed by atoms with Gasteiger partial charge in [0.15, 0.2) is 0 Å². The van der Waals surface area contributed by atoms with Crippen LogP contribution < -0.4 is 0 Å². The summed E-state index contributed by atoms with van der Waals surface area (Å²) in [6.45, 7) is 0. The molecule has 0 spiro atoms. The Kier molecular flexibility index (Phi) is 2.19. The van der Waals surface area contributed by atoms with Crippen LogP contribution in [0.5, 0.6) is 0 Å². The molecule has 3 heteroatoms. The molecule has 3 nitrogen and oxygen atoms in total. The molecular weight excluding hydrogens is 176 g/mol. The summed E-state index contributed by atoms with van der Waals surface area (Å²) in [5.74, 6) is 0. The topological polar surface area (TPSA) is 56.4 Å². The summed E-state index contributed by atoms with van der Waals surface area (Å²) in [4.78, 5) is 0. The Hall–Kier alpha value is -1.82. The maximum absolute atomic E-state index is 8.72. The summed E-state index contributed by atoms with van der Waals surface area (Å²) in [6.07, 6.45) is 2.36. The van der Waals surface area contributed by atoms with Crippen molar-refractivity contribution in [3.05, 3.63) is 34.9 Å². The molecule has 1 aliphatic carbocycles.